The van der Waals surface area contributed by atoms with Crippen LogP contribution in [0, 0.1) is 5.92 Å². The van der Waals surface area contributed by atoms with Crippen LogP contribution in [-0.2, 0) is 11.3 Å². The molecule has 0 unspecified atom stereocenters. The van der Waals surface area contributed by atoms with E-state index in [-0.39, 0.29) is 30.5 Å². The normalized spacial score (nSPS) is 21.3. The molecule has 3 rings (SSSR count). The number of H-pyrrole nitrogens is 1. The van der Waals surface area contributed by atoms with Gasteiger partial charge in [0.05, 0.1) is 11.0 Å². The summed E-state index contributed by atoms with van der Waals surface area (Å²) >= 11 is 0. The van der Waals surface area contributed by atoms with E-state index < -0.39 is 0 Å². The molecule has 1 saturated heterocycles. The molecule has 2 aromatic rings. The summed E-state index contributed by atoms with van der Waals surface area (Å²) in [5.74, 6) is 0.161. The Morgan fingerprint density at radius 2 is 2.04 bits per heavy atom. The van der Waals surface area contributed by atoms with Crippen molar-refractivity contribution >= 4 is 16.9 Å². The molecule has 1 fully saturated rings. The van der Waals surface area contributed by atoms with E-state index in [4.69, 9.17) is 0 Å². The van der Waals surface area contributed by atoms with Crippen LogP contribution in [0.3, 0.4) is 0 Å². The second-order valence-electron chi connectivity index (χ2n) is 7.39. The molecule has 7 nitrogen and oxygen atoms in total. The van der Waals surface area contributed by atoms with Gasteiger partial charge in [-0.05, 0) is 45.0 Å². The highest BCUT2D eigenvalue weighted by Gasteiger charge is 2.27. The summed E-state index contributed by atoms with van der Waals surface area (Å²) in [7, 11) is 4.05. The number of rotatable bonds is 5. The molecule has 2 atom stereocenters. The number of nitrogens with zero attached hydrogens (tertiary/aromatic N) is 3. The maximum Gasteiger partial charge on any atom is 0.326 e. The SMILES string of the molecule is CN(C)[C@@H]1CC[C@H](CO)CN(C(=O)CCn2c(=O)[nH]c3ccccc32)C1. The summed E-state index contributed by atoms with van der Waals surface area (Å²) in [4.78, 5) is 31.8. The van der Waals surface area contributed by atoms with Gasteiger partial charge in [0, 0.05) is 38.7 Å². The molecule has 2 heterocycles. The first-order valence-corrected chi connectivity index (χ1v) is 9.22. The van der Waals surface area contributed by atoms with E-state index in [0.717, 1.165) is 23.9 Å². The number of aromatic amines is 1. The van der Waals surface area contributed by atoms with Crippen molar-refractivity contribution in [3.63, 3.8) is 0 Å². The van der Waals surface area contributed by atoms with Crippen LogP contribution >= 0.6 is 0 Å². The van der Waals surface area contributed by atoms with Gasteiger partial charge in [-0.2, -0.15) is 0 Å². The molecule has 1 aliphatic heterocycles. The lowest BCUT2D eigenvalue weighted by Gasteiger charge is -2.29. The van der Waals surface area contributed by atoms with E-state index in [9.17, 15) is 14.7 Å². The molecule has 0 aliphatic carbocycles. The number of nitrogens with one attached hydrogen (secondary N) is 1. The Morgan fingerprint density at radius 3 is 2.77 bits per heavy atom. The van der Waals surface area contributed by atoms with Crippen molar-refractivity contribution in [2.24, 2.45) is 5.92 Å². The smallest absolute Gasteiger partial charge is 0.326 e. The largest absolute Gasteiger partial charge is 0.396 e. The van der Waals surface area contributed by atoms with Crippen LogP contribution in [0.5, 0.6) is 0 Å². The number of amides is 1. The fourth-order valence-electron chi connectivity index (χ4n) is 3.72. The fraction of sp³-hybridized carbons (Fsp3) is 0.579. The second kappa shape index (κ2) is 8.05. The molecule has 1 aromatic carbocycles. The molecule has 0 bridgehead atoms. The Kier molecular flexibility index (Phi) is 5.78. The lowest BCUT2D eigenvalue weighted by Crippen LogP contribution is -2.43. The van der Waals surface area contributed by atoms with Gasteiger partial charge in [0.2, 0.25) is 5.91 Å². The topological polar surface area (TPSA) is 81.6 Å². The van der Waals surface area contributed by atoms with Gasteiger partial charge in [-0.1, -0.05) is 12.1 Å². The van der Waals surface area contributed by atoms with Crippen LogP contribution in [0.2, 0.25) is 0 Å². The predicted molar refractivity (Wildman–Crippen MR) is 101 cm³/mol. The molecule has 2 N–H and O–H groups in total. The highest BCUT2D eigenvalue weighted by atomic mass is 16.3. The van der Waals surface area contributed by atoms with Crippen molar-refractivity contribution in [1.82, 2.24) is 19.4 Å². The van der Waals surface area contributed by atoms with Crippen LogP contribution in [0.4, 0.5) is 0 Å². The molecular weight excluding hydrogens is 332 g/mol. The van der Waals surface area contributed by atoms with Gasteiger partial charge in [-0.25, -0.2) is 4.79 Å². The third-order valence-corrected chi connectivity index (χ3v) is 5.39. The number of aliphatic hydroxyl groups excluding tert-OH is 1. The van der Waals surface area contributed by atoms with Crippen molar-refractivity contribution in [1.29, 1.82) is 0 Å². The number of carbonyl (C=O) groups excluding carboxylic acids is 1. The molecule has 26 heavy (non-hydrogen) atoms. The van der Waals surface area contributed by atoms with Gasteiger partial charge in [-0.3, -0.25) is 9.36 Å². The van der Waals surface area contributed by atoms with Crippen LogP contribution in [0.15, 0.2) is 29.1 Å². The van der Waals surface area contributed by atoms with Crippen molar-refractivity contribution in [3.05, 3.63) is 34.7 Å². The zero-order valence-electron chi connectivity index (χ0n) is 15.5. The summed E-state index contributed by atoms with van der Waals surface area (Å²) in [5.41, 5.74) is 1.42. The predicted octanol–water partition coefficient (Wildman–Crippen LogP) is 0.881. The minimum atomic E-state index is -0.186. The number of aryl methyl sites for hydroxylation is 1. The number of hydrogen-bond donors (Lipinski definition) is 2. The van der Waals surface area contributed by atoms with Gasteiger partial charge >= 0.3 is 5.69 Å². The molecule has 0 spiro atoms. The first-order chi connectivity index (χ1) is 12.5. The number of carbonyl (C=O) groups is 1. The van der Waals surface area contributed by atoms with Crippen molar-refractivity contribution in [3.8, 4) is 0 Å². The first-order valence-electron chi connectivity index (χ1n) is 9.22. The Hall–Kier alpha value is -2.12. The van der Waals surface area contributed by atoms with E-state index in [1.54, 1.807) is 4.57 Å². The van der Waals surface area contributed by atoms with Gasteiger partial charge in [-0.15, -0.1) is 0 Å². The number of likely N-dealkylation sites (N-methyl/N-ethyl adjacent to an activating group) is 1. The number of para-hydroxylation sites is 2. The Bertz CT molecular complexity index is 810. The first kappa shape index (κ1) is 18.7. The summed E-state index contributed by atoms with van der Waals surface area (Å²) < 4.78 is 1.62. The number of likely N-dealkylation sites (tertiary alicyclic amines) is 1. The summed E-state index contributed by atoms with van der Waals surface area (Å²) in [5, 5.41) is 9.57. The average molecular weight is 360 g/mol. The van der Waals surface area contributed by atoms with Gasteiger partial charge in [0.1, 0.15) is 0 Å². The molecule has 7 heteroatoms. The quantitative estimate of drug-likeness (QED) is 0.829. The van der Waals surface area contributed by atoms with Crippen LogP contribution in [0.1, 0.15) is 19.3 Å². The van der Waals surface area contributed by atoms with E-state index in [1.165, 1.54) is 0 Å². The maximum absolute atomic E-state index is 12.8. The van der Waals surface area contributed by atoms with Crippen molar-refractivity contribution in [2.45, 2.75) is 31.8 Å². The molecule has 142 valence electrons. The van der Waals surface area contributed by atoms with Crippen LogP contribution in [0.25, 0.3) is 11.0 Å². The summed E-state index contributed by atoms with van der Waals surface area (Å²) in [6, 6.07) is 7.80. The van der Waals surface area contributed by atoms with Crippen LogP contribution < -0.4 is 5.69 Å². The van der Waals surface area contributed by atoms with E-state index >= 15 is 0 Å². The molecule has 1 amide bonds. The van der Waals surface area contributed by atoms with E-state index in [0.29, 0.717) is 25.7 Å². The van der Waals surface area contributed by atoms with Gasteiger partial charge < -0.3 is 19.9 Å². The number of hydrogen-bond acceptors (Lipinski definition) is 4. The highest BCUT2D eigenvalue weighted by molar-refractivity contribution is 5.77. The summed E-state index contributed by atoms with van der Waals surface area (Å²) in [6.07, 6.45) is 2.18. The third kappa shape index (κ3) is 3.99. The average Bonchev–Trinajstić information content (AvgIpc) is 2.80. The standard InChI is InChI=1S/C19H28N4O3/c1-21(2)15-8-7-14(13-24)11-22(12-15)18(25)9-10-23-17-6-4-3-5-16(17)20-19(23)26/h3-6,14-15,24H,7-13H2,1-2H3,(H,20,26)/t14-,15+/m0/s1. The zero-order chi connectivity index (χ0) is 18.7. The van der Waals surface area contributed by atoms with Crippen molar-refractivity contribution < 1.29 is 9.90 Å². The minimum Gasteiger partial charge on any atom is -0.396 e. The zero-order valence-corrected chi connectivity index (χ0v) is 15.5. The molecule has 0 radical (unpaired) electrons. The molecular formula is C19H28N4O3. The van der Waals surface area contributed by atoms with Crippen LogP contribution in [-0.4, -0.2) is 70.2 Å². The van der Waals surface area contributed by atoms with E-state index in [2.05, 4.69) is 9.88 Å². The number of aromatic nitrogens is 2. The number of benzene rings is 1. The molecule has 1 aliphatic rings. The number of aliphatic hydroxyl groups is 1. The van der Waals surface area contributed by atoms with Crippen molar-refractivity contribution in [2.75, 3.05) is 33.8 Å². The monoisotopic (exact) mass is 360 g/mol. The molecule has 1 aromatic heterocycles. The third-order valence-electron chi connectivity index (χ3n) is 5.39. The van der Waals surface area contributed by atoms with Gasteiger partial charge in [0.25, 0.3) is 0 Å². The Labute approximate surface area is 153 Å². The number of imidazole rings is 1. The Balaban J connectivity index is 1.71. The fourth-order valence-corrected chi connectivity index (χ4v) is 3.72. The lowest BCUT2D eigenvalue weighted by atomic mass is 10.0. The number of fused-ring (bicyclic) bond motifs is 1. The minimum absolute atomic E-state index is 0.0365. The molecule has 0 saturated carbocycles. The van der Waals surface area contributed by atoms with Gasteiger partial charge in [0.15, 0.2) is 0 Å². The second-order valence-corrected chi connectivity index (χ2v) is 7.39. The Morgan fingerprint density at radius 1 is 1.27 bits per heavy atom. The van der Waals surface area contributed by atoms with E-state index in [1.807, 2.05) is 43.3 Å². The lowest BCUT2D eigenvalue weighted by molar-refractivity contribution is -0.132. The maximum atomic E-state index is 12.8. The summed E-state index contributed by atoms with van der Waals surface area (Å²) in [6.45, 7) is 1.72. The highest BCUT2D eigenvalue weighted by Crippen LogP contribution is 2.20.